The quantitative estimate of drug-likeness (QED) is 0.392. The third-order valence-electron chi connectivity index (χ3n) is 5.05. The largest absolute Gasteiger partial charge is 0.438 e. The first-order valence-corrected chi connectivity index (χ1v) is 11.5. The van der Waals surface area contributed by atoms with E-state index < -0.39 is 0 Å². The Balaban J connectivity index is 1.88. The summed E-state index contributed by atoms with van der Waals surface area (Å²) in [5, 5.41) is 0. The number of nitrogens with zero attached hydrogens (tertiary/aromatic N) is 3. The van der Waals surface area contributed by atoms with Gasteiger partial charge in [-0.2, -0.15) is 4.98 Å². The minimum absolute atomic E-state index is 0.160. The number of para-hydroxylation sites is 1. The lowest BCUT2D eigenvalue weighted by Gasteiger charge is -2.16. The Morgan fingerprint density at radius 3 is 2.56 bits per heavy atom. The number of carbonyl (C=O) groups excluding carboxylic acids is 1. The van der Waals surface area contributed by atoms with Crippen molar-refractivity contribution >= 4 is 45.9 Å². The molecule has 3 aromatic rings. The Labute approximate surface area is 195 Å². The monoisotopic (exact) mass is 465 g/mol. The van der Waals surface area contributed by atoms with Crippen molar-refractivity contribution in [1.82, 2.24) is 14.3 Å². The number of fused-ring (bicyclic) bond motifs is 1. The standard InChI is InChI=1S/C24H23N3O3S2/c1-14(2)13-27-23(29)19(32-24(27)31)12-17-21(30-18-10-6-5-8-15(18)3)25-20-16(4)9-7-11-26(20)22(17)28/h5-12,14H,13H2,1-4H3/b19-12+. The number of hydrogen-bond donors (Lipinski definition) is 0. The highest BCUT2D eigenvalue weighted by Gasteiger charge is 2.33. The topological polar surface area (TPSA) is 63.9 Å². The molecular weight excluding hydrogens is 442 g/mol. The van der Waals surface area contributed by atoms with E-state index >= 15 is 0 Å². The van der Waals surface area contributed by atoms with Crippen LogP contribution in [-0.4, -0.2) is 31.1 Å². The van der Waals surface area contributed by atoms with Gasteiger partial charge in [-0.3, -0.25) is 18.9 Å². The maximum atomic E-state index is 13.4. The van der Waals surface area contributed by atoms with Crippen molar-refractivity contribution in [2.24, 2.45) is 5.92 Å². The number of thiocarbonyl (C=S) groups is 1. The van der Waals surface area contributed by atoms with Crippen molar-refractivity contribution < 1.29 is 9.53 Å². The van der Waals surface area contributed by atoms with Gasteiger partial charge in [0.2, 0.25) is 5.88 Å². The third kappa shape index (κ3) is 4.20. The molecule has 4 rings (SSSR count). The first kappa shape index (κ1) is 22.2. The molecule has 0 saturated carbocycles. The number of ether oxygens (including phenoxy) is 1. The van der Waals surface area contributed by atoms with Crippen LogP contribution in [0.3, 0.4) is 0 Å². The Bertz CT molecular complexity index is 1330. The van der Waals surface area contributed by atoms with Crippen molar-refractivity contribution in [3.63, 3.8) is 0 Å². The first-order chi connectivity index (χ1) is 15.3. The lowest BCUT2D eigenvalue weighted by molar-refractivity contribution is -0.122. The highest BCUT2D eigenvalue weighted by molar-refractivity contribution is 8.26. The zero-order valence-corrected chi connectivity index (χ0v) is 19.9. The zero-order chi connectivity index (χ0) is 23.0. The van der Waals surface area contributed by atoms with E-state index in [2.05, 4.69) is 4.98 Å². The molecule has 32 heavy (non-hydrogen) atoms. The number of thioether (sulfide) groups is 1. The average molecular weight is 466 g/mol. The molecule has 0 aliphatic carbocycles. The van der Waals surface area contributed by atoms with Crippen LogP contribution in [0.25, 0.3) is 11.7 Å². The molecule has 0 radical (unpaired) electrons. The summed E-state index contributed by atoms with van der Waals surface area (Å²) in [6.07, 6.45) is 3.22. The second-order valence-electron chi connectivity index (χ2n) is 8.07. The van der Waals surface area contributed by atoms with Gasteiger partial charge >= 0.3 is 0 Å². The van der Waals surface area contributed by atoms with Crippen molar-refractivity contribution in [3.05, 3.63) is 74.5 Å². The van der Waals surface area contributed by atoms with Crippen LogP contribution in [0.15, 0.2) is 52.3 Å². The number of benzene rings is 1. The smallest absolute Gasteiger partial charge is 0.269 e. The van der Waals surface area contributed by atoms with Gasteiger partial charge in [0, 0.05) is 12.7 Å². The van der Waals surface area contributed by atoms with Crippen LogP contribution in [0.5, 0.6) is 11.6 Å². The Morgan fingerprint density at radius 2 is 1.84 bits per heavy atom. The van der Waals surface area contributed by atoms with Crippen LogP contribution in [-0.2, 0) is 4.79 Å². The molecule has 1 aliphatic heterocycles. The van der Waals surface area contributed by atoms with Crippen LogP contribution >= 0.6 is 24.0 Å². The molecule has 164 valence electrons. The van der Waals surface area contributed by atoms with Crippen molar-refractivity contribution in [3.8, 4) is 11.6 Å². The molecule has 0 N–H and O–H groups in total. The molecule has 3 heterocycles. The van der Waals surface area contributed by atoms with E-state index in [1.54, 1.807) is 23.2 Å². The van der Waals surface area contributed by atoms with Gasteiger partial charge in [-0.25, -0.2) is 0 Å². The van der Waals surface area contributed by atoms with Crippen molar-refractivity contribution in [2.75, 3.05) is 6.54 Å². The molecule has 2 aromatic heterocycles. The second kappa shape index (κ2) is 8.88. The maximum Gasteiger partial charge on any atom is 0.269 e. The van der Waals surface area contributed by atoms with Crippen molar-refractivity contribution in [1.29, 1.82) is 0 Å². The van der Waals surface area contributed by atoms with Gasteiger partial charge in [-0.1, -0.05) is 62.1 Å². The van der Waals surface area contributed by atoms with E-state index in [-0.39, 0.29) is 28.8 Å². The fourth-order valence-electron chi connectivity index (χ4n) is 3.42. The Kier molecular flexibility index (Phi) is 6.17. The molecule has 1 fully saturated rings. The number of aryl methyl sites for hydroxylation is 2. The van der Waals surface area contributed by atoms with Gasteiger partial charge in [-0.15, -0.1) is 0 Å². The second-order valence-corrected chi connectivity index (χ2v) is 9.75. The fourth-order valence-corrected chi connectivity index (χ4v) is 4.68. The minimum Gasteiger partial charge on any atom is -0.438 e. The van der Waals surface area contributed by atoms with Crippen molar-refractivity contribution in [2.45, 2.75) is 27.7 Å². The average Bonchev–Trinajstić information content (AvgIpc) is 3.00. The molecular formula is C24H23N3O3S2. The molecule has 0 atom stereocenters. The number of aromatic nitrogens is 2. The SMILES string of the molecule is Cc1ccccc1Oc1nc2c(C)cccn2c(=O)c1/C=C1/SC(=S)N(CC(C)C)C1=O. The molecule has 0 spiro atoms. The van der Waals surface area contributed by atoms with E-state index in [1.807, 2.05) is 58.0 Å². The first-order valence-electron chi connectivity index (χ1n) is 10.3. The van der Waals surface area contributed by atoms with E-state index in [9.17, 15) is 9.59 Å². The van der Waals surface area contributed by atoms with Gasteiger partial charge in [0.05, 0.1) is 4.91 Å². The summed E-state index contributed by atoms with van der Waals surface area (Å²) < 4.78 is 8.07. The third-order valence-corrected chi connectivity index (χ3v) is 6.42. The van der Waals surface area contributed by atoms with Crippen LogP contribution < -0.4 is 10.3 Å². The zero-order valence-electron chi connectivity index (χ0n) is 18.3. The van der Waals surface area contributed by atoms with Gasteiger partial charge in [0.25, 0.3) is 11.5 Å². The van der Waals surface area contributed by atoms with Gasteiger partial charge in [-0.05, 0) is 49.1 Å². The van der Waals surface area contributed by atoms with Gasteiger partial charge < -0.3 is 4.74 Å². The highest BCUT2D eigenvalue weighted by atomic mass is 32.2. The van der Waals surface area contributed by atoms with Crippen LogP contribution in [0, 0.1) is 19.8 Å². The number of pyridine rings is 1. The van der Waals surface area contributed by atoms with Crippen LogP contribution in [0.4, 0.5) is 0 Å². The summed E-state index contributed by atoms with van der Waals surface area (Å²) in [6.45, 7) is 8.39. The number of rotatable bonds is 5. The van der Waals surface area contributed by atoms with E-state index in [0.29, 0.717) is 27.2 Å². The molecule has 1 aromatic carbocycles. The minimum atomic E-state index is -0.309. The fraction of sp³-hybridized carbons (Fsp3) is 0.250. The predicted molar refractivity (Wildman–Crippen MR) is 132 cm³/mol. The molecule has 1 saturated heterocycles. The molecule has 8 heteroatoms. The molecule has 1 aliphatic rings. The van der Waals surface area contributed by atoms with E-state index in [0.717, 1.165) is 11.1 Å². The summed E-state index contributed by atoms with van der Waals surface area (Å²) in [7, 11) is 0. The lowest BCUT2D eigenvalue weighted by atomic mass is 10.2. The number of amides is 1. The summed E-state index contributed by atoms with van der Waals surface area (Å²) in [5.41, 5.74) is 2.16. The predicted octanol–water partition coefficient (Wildman–Crippen LogP) is 4.96. The summed E-state index contributed by atoms with van der Waals surface area (Å²) in [5.74, 6) is 0.823. The Hall–Kier alpha value is -2.97. The lowest BCUT2D eigenvalue weighted by Crippen LogP contribution is -2.31. The molecule has 6 nitrogen and oxygen atoms in total. The maximum absolute atomic E-state index is 13.4. The van der Waals surface area contributed by atoms with E-state index in [1.165, 1.54) is 16.2 Å². The summed E-state index contributed by atoms with van der Waals surface area (Å²) >= 11 is 6.60. The normalized spacial score (nSPS) is 15.4. The molecule has 1 amide bonds. The van der Waals surface area contributed by atoms with E-state index in [4.69, 9.17) is 17.0 Å². The molecule has 0 bridgehead atoms. The summed E-state index contributed by atoms with van der Waals surface area (Å²) in [6, 6.07) is 11.2. The number of carbonyl (C=O) groups is 1. The summed E-state index contributed by atoms with van der Waals surface area (Å²) in [4.78, 5) is 33.0. The highest BCUT2D eigenvalue weighted by Crippen LogP contribution is 2.35. The molecule has 0 unspecified atom stereocenters. The Morgan fingerprint density at radius 1 is 1.12 bits per heavy atom. The van der Waals surface area contributed by atoms with Crippen LogP contribution in [0.2, 0.25) is 0 Å². The van der Waals surface area contributed by atoms with Gasteiger partial charge in [0.15, 0.2) is 0 Å². The van der Waals surface area contributed by atoms with Crippen LogP contribution in [0.1, 0.15) is 30.5 Å². The number of hydrogen-bond acceptors (Lipinski definition) is 6. The van der Waals surface area contributed by atoms with Gasteiger partial charge in [0.1, 0.15) is 21.3 Å².